The average molecular weight is 367 g/mol. The zero-order chi connectivity index (χ0) is 17.8. The van der Waals surface area contributed by atoms with Crippen LogP contribution in [0.4, 0.5) is 10.6 Å². The van der Waals surface area contributed by atoms with Crippen LogP contribution in [0.1, 0.15) is 12.8 Å². The summed E-state index contributed by atoms with van der Waals surface area (Å²) in [6, 6.07) is 9.87. The summed E-state index contributed by atoms with van der Waals surface area (Å²) < 4.78 is 5.25. The Hall–Kier alpha value is -2.40. The van der Waals surface area contributed by atoms with Crippen LogP contribution in [0, 0.1) is 5.92 Å². The van der Waals surface area contributed by atoms with Gasteiger partial charge in [-0.15, -0.1) is 17.1 Å². The zero-order valence-electron chi connectivity index (χ0n) is 14.5. The van der Waals surface area contributed by atoms with E-state index >= 15 is 0 Å². The van der Waals surface area contributed by atoms with Crippen LogP contribution in [-0.4, -0.2) is 42.2 Å². The number of aromatic nitrogens is 1. The van der Waals surface area contributed by atoms with Gasteiger partial charge in [0.05, 0.1) is 10.4 Å². The van der Waals surface area contributed by atoms with Crippen molar-refractivity contribution in [3.63, 3.8) is 0 Å². The molecular weight excluding hydrogens is 346 g/mol. The minimum Gasteiger partial charge on any atom is -0.444 e. The van der Waals surface area contributed by atoms with Crippen molar-refractivity contribution >= 4 is 23.2 Å². The number of carbonyl (C=O) groups excluding carboxylic acids is 1. The average Bonchev–Trinajstić information content (AvgIpc) is 3.15. The number of ether oxygens (including phenoxy) is 1. The number of anilines is 1. The summed E-state index contributed by atoms with van der Waals surface area (Å²) >= 11 is 1.49. The van der Waals surface area contributed by atoms with E-state index in [1.165, 1.54) is 42.8 Å². The molecule has 26 heavy (non-hydrogen) atoms. The van der Waals surface area contributed by atoms with Crippen molar-refractivity contribution in [1.82, 2.24) is 9.88 Å². The molecule has 1 aromatic carbocycles. The van der Waals surface area contributed by atoms with E-state index in [1.54, 1.807) is 5.51 Å². The summed E-state index contributed by atoms with van der Waals surface area (Å²) in [6.07, 6.45) is 3.77. The first-order chi connectivity index (χ1) is 12.8. The number of thiazole rings is 1. The molecule has 3 fully saturated rings. The maximum absolute atomic E-state index is 12.0. The Balaban J connectivity index is 1.33. The maximum atomic E-state index is 12.0. The van der Waals surface area contributed by atoms with Crippen LogP contribution in [0.25, 0.3) is 10.4 Å². The van der Waals surface area contributed by atoms with Crippen LogP contribution in [-0.2, 0) is 4.74 Å². The summed E-state index contributed by atoms with van der Waals surface area (Å²) in [7, 11) is 0. The molecule has 5 nitrogen and oxygen atoms in total. The Morgan fingerprint density at radius 2 is 2.15 bits per heavy atom. The predicted octanol–water partition coefficient (Wildman–Crippen LogP) is 4.17. The van der Waals surface area contributed by atoms with Gasteiger partial charge < -0.3 is 4.74 Å². The van der Waals surface area contributed by atoms with Crippen molar-refractivity contribution in [2.75, 3.05) is 31.6 Å². The van der Waals surface area contributed by atoms with Crippen LogP contribution in [0.5, 0.6) is 0 Å². The molecule has 6 heteroatoms. The first kappa shape index (κ1) is 17.0. The lowest BCUT2D eigenvalue weighted by Crippen LogP contribution is -2.42. The first-order valence-electron chi connectivity index (χ1n) is 8.88. The van der Waals surface area contributed by atoms with Crippen LogP contribution in [0.2, 0.25) is 0 Å². The summed E-state index contributed by atoms with van der Waals surface area (Å²) in [6.45, 7) is 3.62. The normalized spacial score (nSPS) is 21.2. The largest absolute Gasteiger partial charge is 0.444 e. The number of piperidine rings is 3. The van der Waals surface area contributed by atoms with Crippen LogP contribution in [0.3, 0.4) is 0 Å². The molecule has 1 N–H and O–H groups in total. The first-order valence-corrected chi connectivity index (χ1v) is 9.76. The molecule has 0 saturated carbocycles. The molecule has 3 aliphatic rings. The lowest BCUT2D eigenvalue weighted by Gasteiger charge is -2.40. The number of hydrogen-bond acceptors (Lipinski definition) is 5. The van der Waals surface area contributed by atoms with Gasteiger partial charge in [-0.1, -0.05) is 30.3 Å². The van der Waals surface area contributed by atoms with E-state index < -0.39 is 6.09 Å². The van der Waals surface area contributed by atoms with E-state index in [-0.39, 0.29) is 6.61 Å². The molecule has 3 aliphatic heterocycles. The van der Waals surface area contributed by atoms with E-state index in [4.69, 9.17) is 4.74 Å². The van der Waals surface area contributed by atoms with Crippen LogP contribution >= 0.6 is 11.3 Å². The molecule has 2 aromatic rings. The van der Waals surface area contributed by atoms with E-state index in [9.17, 15) is 4.79 Å². The standard InChI is InChI=1S/C20H21N3O2S/c24-20(22-19-18(26-14-21-19)16-5-2-1-3-6-16)25-12-4-7-17-13-23-10-8-15(17)9-11-23/h1-6,14-15H,8-13H2,(H,22,24). The monoisotopic (exact) mass is 367 g/mol. The number of carbonyl (C=O) groups is 1. The molecular formula is C20H21N3O2S. The number of amides is 1. The molecule has 2 bridgehead atoms. The van der Waals surface area contributed by atoms with Gasteiger partial charge in [-0.05, 0) is 49.1 Å². The van der Waals surface area contributed by atoms with Crippen LogP contribution in [0.15, 0.2) is 53.2 Å². The Bertz CT molecular complexity index is 832. The number of rotatable bonds is 4. The second kappa shape index (κ2) is 7.87. The molecule has 0 unspecified atom stereocenters. The molecule has 3 saturated heterocycles. The zero-order valence-corrected chi connectivity index (χ0v) is 15.3. The van der Waals surface area contributed by atoms with Gasteiger partial charge in [-0.2, -0.15) is 0 Å². The molecule has 0 spiro atoms. The highest BCUT2D eigenvalue weighted by molar-refractivity contribution is 7.13. The van der Waals surface area contributed by atoms with Crippen molar-refractivity contribution in [2.24, 2.45) is 5.92 Å². The SMILES string of the molecule is O=C(Nc1ncsc1-c1ccccc1)OCC=C=C1CN2CCC1CC2. The number of nitrogens with one attached hydrogen (secondary N) is 1. The predicted molar refractivity (Wildman–Crippen MR) is 103 cm³/mol. The second-order valence-corrected chi connectivity index (χ2v) is 7.40. The number of fused-ring (bicyclic) bond motifs is 3. The van der Waals surface area contributed by atoms with Gasteiger partial charge in [-0.3, -0.25) is 10.2 Å². The highest BCUT2D eigenvalue weighted by atomic mass is 32.1. The van der Waals surface area contributed by atoms with Crippen molar-refractivity contribution in [1.29, 1.82) is 0 Å². The van der Waals surface area contributed by atoms with Gasteiger partial charge in [0.15, 0.2) is 5.82 Å². The Kier molecular flexibility index (Phi) is 5.16. The third-order valence-electron chi connectivity index (χ3n) is 4.88. The Labute approximate surface area is 157 Å². The smallest absolute Gasteiger partial charge is 0.413 e. The molecule has 4 heterocycles. The lowest BCUT2D eigenvalue weighted by molar-refractivity contribution is 0.161. The van der Waals surface area contributed by atoms with E-state index in [1.807, 2.05) is 36.4 Å². The van der Waals surface area contributed by atoms with E-state index in [0.29, 0.717) is 11.7 Å². The molecule has 0 radical (unpaired) electrons. The van der Waals surface area contributed by atoms with Crippen LogP contribution < -0.4 is 5.32 Å². The molecule has 134 valence electrons. The van der Waals surface area contributed by atoms with Crippen molar-refractivity contribution in [3.05, 3.63) is 53.2 Å². The molecule has 1 amide bonds. The van der Waals surface area contributed by atoms with Gasteiger partial charge >= 0.3 is 6.09 Å². The second-order valence-electron chi connectivity index (χ2n) is 6.54. The van der Waals surface area contributed by atoms with E-state index in [2.05, 4.69) is 20.9 Å². The van der Waals surface area contributed by atoms with Crippen molar-refractivity contribution in [2.45, 2.75) is 12.8 Å². The van der Waals surface area contributed by atoms with Gasteiger partial charge in [-0.25, -0.2) is 9.78 Å². The third-order valence-corrected chi connectivity index (χ3v) is 5.76. The molecule has 0 atom stereocenters. The summed E-state index contributed by atoms with van der Waals surface area (Å²) in [4.78, 5) is 19.7. The van der Waals surface area contributed by atoms with Gasteiger partial charge in [0.1, 0.15) is 6.61 Å². The van der Waals surface area contributed by atoms with Gasteiger partial charge in [0, 0.05) is 6.54 Å². The Morgan fingerprint density at radius 1 is 1.35 bits per heavy atom. The molecule has 1 aromatic heterocycles. The molecule has 5 rings (SSSR count). The summed E-state index contributed by atoms with van der Waals surface area (Å²) in [5.41, 5.74) is 7.42. The third kappa shape index (κ3) is 3.88. The maximum Gasteiger partial charge on any atom is 0.413 e. The van der Waals surface area contributed by atoms with E-state index in [0.717, 1.165) is 17.0 Å². The molecule has 0 aliphatic carbocycles. The van der Waals surface area contributed by atoms with Gasteiger partial charge in [0.2, 0.25) is 0 Å². The highest BCUT2D eigenvalue weighted by Gasteiger charge is 2.29. The minimum absolute atomic E-state index is 0.215. The number of benzene rings is 1. The number of hydrogen-bond donors (Lipinski definition) is 1. The fraction of sp³-hybridized carbons (Fsp3) is 0.350. The fourth-order valence-corrected chi connectivity index (χ4v) is 4.28. The summed E-state index contributed by atoms with van der Waals surface area (Å²) in [5.74, 6) is 1.19. The van der Waals surface area contributed by atoms with Crippen molar-refractivity contribution < 1.29 is 9.53 Å². The quantitative estimate of drug-likeness (QED) is 0.824. The Morgan fingerprint density at radius 3 is 2.88 bits per heavy atom. The lowest BCUT2D eigenvalue weighted by atomic mass is 9.84. The minimum atomic E-state index is -0.495. The summed E-state index contributed by atoms with van der Waals surface area (Å²) in [5, 5.41) is 2.73. The van der Waals surface area contributed by atoms with Crippen molar-refractivity contribution in [3.8, 4) is 10.4 Å². The topological polar surface area (TPSA) is 54.5 Å². The highest BCUT2D eigenvalue weighted by Crippen LogP contribution is 2.31. The number of nitrogens with zero attached hydrogens (tertiary/aromatic N) is 2. The fourth-order valence-electron chi connectivity index (χ4n) is 3.53. The van der Waals surface area contributed by atoms with Gasteiger partial charge in [0.25, 0.3) is 0 Å².